The maximum absolute atomic E-state index is 11.1. The van der Waals surface area contributed by atoms with Crippen LogP contribution in [0.25, 0.3) is 11.0 Å². The molecule has 0 fully saturated rings. The fraction of sp³-hybridized carbons (Fsp3) is 0.333. The van der Waals surface area contributed by atoms with E-state index in [1.165, 1.54) is 4.90 Å². The van der Waals surface area contributed by atoms with Crippen LogP contribution in [0.4, 0.5) is 4.79 Å². The maximum Gasteiger partial charge on any atom is 0.407 e. The molecule has 3 heterocycles. The van der Waals surface area contributed by atoms with Crippen LogP contribution in [0.2, 0.25) is 5.15 Å². The summed E-state index contributed by atoms with van der Waals surface area (Å²) in [7, 11) is 0. The Labute approximate surface area is 109 Å². The lowest BCUT2D eigenvalue weighted by atomic mass is 10.2. The van der Waals surface area contributed by atoms with E-state index in [4.69, 9.17) is 16.7 Å². The number of pyridine rings is 1. The minimum atomic E-state index is -0.885. The van der Waals surface area contributed by atoms with E-state index in [2.05, 4.69) is 9.55 Å². The molecule has 18 heavy (non-hydrogen) atoms. The van der Waals surface area contributed by atoms with Crippen molar-refractivity contribution in [3.63, 3.8) is 0 Å². The third kappa shape index (κ3) is 1.62. The van der Waals surface area contributed by atoms with Crippen LogP contribution in [0.5, 0.6) is 0 Å². The van der Waals surface area contributed by atoms with Crippen molar-refractivity contribution in [3.05, 3.63) is 29.0 Å². The SMILES string of the molecule is C[C@@H]1CN(C(=O)O)Cc2cc3ccc(Cl)nc3n21. The van der Waals surface area contributed by atoms with Crippen LogP contribution >= 0.6 is 11.6 Å². The minimum Gasteiger partial charge on any atom is -0.465 e. The highest BCUT2D eigenvalue weighted by molar-refractivity contribution is 6.29. The number of halogens is 1. The normalized spacial score (nSPS) is 19.0. The van der Waals surface area contributed by atoms with Crippen LogP contribution in [-0.2, 0) is 6.54 Å². The van der Waals surface area contributed by atoms with Gasteiger partial charge in [-0.3, -0.25) is 0 Å². The predicted octanol–water partition coefficient (Wildman–Crippen LogP) is 2.74. The van der Waals surface area contributed by atoms with Gasteiger partial charge >= 0.3 is 6.09 Å². The zero-order chi connectivity index (χ0) is 12.9. The van der Waals surface area contributed by atoms with Gasteiger partial charge in [-0.15, -0.1) is 0 Å². The average Bonchev–Trinajstić information content (AvgIpc) is 2.66. The van der Waals surface area contributed by atoms with Crippen molar-refractivity contribution < 1.29 is 9.90 Å². The topological polar surface area (TPSA) is 58.4 Å². The van der Waals surface area contributed by atoms with Gasteiger partial charge in [0.25, 0.3) is 0 Å². The molecule has 5 nitrogen and oxygen atoms in total. The van der Waals surface area contributed by atoms with Crippen molar-refractivity contribution in [1.29, 1.82) is 0 Å². The van der Waals surface area contributed by atoms with E-state index in [0.717, 1.165) is 16.7 Å². The molecule has 0 saturated heterocycles. The van der Waals surface area contributed by atoms with Crippen molar-refractivity contribution >= 4 is 28.7 Å². The molecular weight excluding hydrogens is 254 g/mol. The molecule has 2 aromatic rings. The van der Waals surface area contributed by atoms with Gasteiger partial charge in [-0.25, -0.2) is 9.78 Å². The lowest BCUT2D eigenvalue weighted by Crippen LogP contribution is -2.39. The van der Waals surface area contributed by atoms with E-state index < -0.39 is 6.09 Å². The first-order chi connectivity index (χ1) is 8.56. The first kappa shape index (κ1) is 11.3. The summed E-state index contributed by atoms with van der Waals surface area (Å²) in [6.45, 7) is 2.86. The lowest BCUT2D eigenvalue weighted by Gasteiger charge is -2.31. The Hall–Kier alpha value is -1.75. The number of rotatable bonds is 0. The van der Waals surface area contributed by atoms with Crippen LogP contribution in [0.15, 0.2) is 18.2 Å². The van der Waals surface area contributed by atoms with Crippen LogP contribution in [0, 0.1) is 0 Å². The van der Waals surface area contributed by atoms with Crippen LogP contribution in [0.1, 0.15) is 18.7 Å². The summed E-state index contributed by atoms with van der Waals surface area (Å²) in [5, 5.41) is 10.5. The molecule has 0 unspecified atom stereocenters. The molecule has 94 valence electrons. The zero-order valence-corrected chi connectivity index (χ0v) is 10.6. The molecule has 0 saturated carbocycles. The molecule has 1 atom stereocenters. The highest BCUT2D eigenvalue weighted by atomic mass is 35.5. The third-order valence-corrected chi connectivity index (χ3v) is 3.49. The summed E-state index contributed by atoms with van der Waals surface area (Å²) in [4.78, 5) is 16.8. The van der Waals surface area contributed by atoms with Gasteiger partial charge in [-0.05, 0) is 25.1 Å². The Morgan fingerprint density at radius 2 is 2.33 bits per heavy atom. The lowest BCUT2D eigenvalue weighted by molar-refractivity contribution is 0.125. The Morgan fingerprint density at radius 3 is 3.06 bits per heavy atom. The molecule has 3 rings (SSSR count). The van der Waals surface area contributed by atoms with E-state index >= 15 is 0 Å². The van der Waals surface area contributed by atoms with Crippen LogP contribution in [0.3, 0.4) is 0 Å². The van der Waals surface area contributed by atoms with E-state index in [-0.39, 0.29) is 6.04 Å². The van der Waals surface area contributed by atoms with Gasteiger partial charge in [0.05, 0.1) is 12.6 Å². The van der Waals surface area contributed by atoms with Crippen molar-refractivity contribution in [2.45, 2.75) is 19.5 Å². The molecule has 1 aliphatic heterocycles. The Morgan fingerprint density at radius 1 is 1.56 bits per heavy atom. The molecular formula is C12H12ClN3O2. The molecule has 2 aromatic heterocycles. The van der Waals surface area contributed by atoms with Gasteiger partial charge in [0, 0.05) is 17.6 Å². The standard InChI is InChI=1S/C12H12ClN3O2/c1-7-5-15(12(17)18)6-9-4-8-2-3-10(13)14-11(8)16(7)9/h2-4,7H,5-6H2,1H3,(H,17,18)/t7-/m1/s1. The first-order valence-corrected chi connectivity index (χ1v) is 6.08. The maximum atomic E-state index is 11.1. The van der Waals surface area contributed by atoms with Gasteiger partial charge in [0.2, 0.25) is 0 Å². The van der Waals surface area contributed by atoms with Gasteiger partial charge in [-0.2, -0.15) is 0 Å². The monoisotopic (exact) mass is 265 g/mol. The molecule has 6 heteroatoms. The van der Waals surface area contributed by atoms with Crippen molar-refractivity contribution in [3.8, 4) is 0 Å². The van der Waals surface area contributed by atoms with Crippen molar-refractivity contribution in [2.24, 2.45) is 0 Å². The minimum absolute atomic E-state index is 0.0633. The van der Waals surface area contributed by atoms with E-state index in [1.807, 2.05) is 19.1 Å². The zero-order valence-electron chi connectivity index (χ0n) is 9.80. The average molecular weight is 266 g/mol. The molecule has 1 N–H and O–H groups in total. The van der Waals surface area contributed by atoms with E-state index in [0.29, 0.717) is 18.2 Å². The van der Waals surface area contributed by atoms with Crippen LogP contribution < -0.4 is 0 Å². The Kier molecular flexibility index (Phi) is 2.45. The number of aromatic nitrogens is 2. The fourth-order valence-corrected chi connectivity index (χ4v) is 2.69. The van der Waals surface area contributed by atoms with Gasteiger partial charge in [0.15, 0.2) is 0 Å². The second-order valence-electron chi connectivity index (χ2n) is 4.56. The smallest absolute Gasteiger partial charge is 0.407 e. The highest BCUT2D eigenvalue weighted by Crippen LogP contribution is 2.29. The molecule has 0 spiro atoms. The largest absolute Gasteiger partial charge is 0.465 e. The van der Waals surface area contributed by atoms with E-state index in [9.17, 15) is 4.79 Å². The summed E-state index contributed by atoms with van der Waals surface area (Å²) >= 11 is 5.92. The number of carboxylic acid groups (broad SMARTS) is 1. The second-order valence-corrected chi connectivity index (χ2v) is 4.95. The quantitative estimate of drug-likeness (QED) is 0.745. The number of hydrogen-bond acceptors (Lipinski definition) is 2. The van der Waals surface area contributed by atoms with Gasteiger partial charge < -0.3 is 14.6 Å². The number of fused-ring (bicyclic) bond motifs is 3. The van der Waals surface area contributed by atoms with Crippen molar-refractivity contribution in [1.82, 2.24) is 14.5 Å². The molecule has 0 bridgehead atoms. The first-order valence-electron chi connectivity index (χ1n) is 5.70. The molecule has 1 aliphatic rings. The second kappa shape index (κ2) is 3.88. The molecule has 1 amide bonds. The summed E-state index contributed by atoms with van der Waals surface area (Å²) in [5.41, 5.74) is 1.79. The molecule has 0 aromatic carbocycles. The van der Waals surface area contributed by atoms with Gasteiger partial charge in [-0.1, -0.05) is 11.6 Å². The van der Waals surface area contributed by atoms with Crippen molar-refractivity contribution in [2.75, 3.05) is 6.54 Å². The number of carbonyl (C=O) groups is 1. The molecule has 0 aliphatic carbocycles. The summed E-state index contributed by atoms with van der Waals surface area (Å²) in [6.07, 6.45) is -0.885. The third-order valence-electron chi connectivity index (χ3n) is 3.28. The van der Waals surface area contributed by atoms with Crippen LogP contribution in [-0.4, -0.2) is 32.2 Å². The fourth-order valence-electron chi connectivity index (χ4n) is 2.55. The number of nitrogens with zero attached hydrogens (tertiary/aromatic N) is 3. The Bertz CT molecular complexity index is 638. The summed E-state index contributed by atoms with van der Waals surface area (Å²) in [5.74, 6) is 0. The summed E-state index contributed by atoms with van der Waals surface area (Å²) < 4.78 is 2.07. The summed E-state index contributed by atoms with van der Waals surface area (Å²) in [6, 6.07) is 5.70. The van der Waals surface area contributed by atoms with E-state index in [1.54, 1.807) is 6.07 Å². The molecule has 0 radical (unpaired) electrons. The number of amides is 1. The number of hydrogen-bond donors (Lipinski definition) is 1. The predicted molar refractivity (Wildman–Crippen MR) is 67.9 cm³/mol. The highest BCUT2D eigenvalue weighted by Gasteiger charge is 2.27. The van der Waals surface area contributed by atoms with Gasteiger partial charge in [0.1, 0.15) is 10.8 Å². The Balaban J connectivity index is 2.16.